The van der Waals surface area contributed by atoms with Gasteiger partial charge in [-0.05, 0) is 29.7 Å². The molecule has 0 amide bonds. The van der Waals surface area contributed by atoms with E-state index in [1.54, 1.807) is 0 Å². The number of halogens is 1. The van der Waals surface area contributed by atoms with Crippen LogP contribution in [0.25, 0.3) is 0 Å². The summed E-state index contributed by atoms with van der Waals surface area (Å²) in [5, 5.41) is 0. The highest BCUT2D eigenvalue weighted by molar-refractivity contribution is 9.10. The van der Waals surface area contributed by atoms with E-state index in [1.807, 2.05) is 30.3 Å². The SMILES string of the molecule is Cc1ccccc1C(CN)OCc1ccccc1Br. The summed E-state index contributed by atoms with van der Waals surface area (Å²) in [4.78, 5) is 0. The molecule has 1 atom stereocenters. The first kappa shape index (κ1) is 14.3. The maximum atomic E-state index is 5.97. The Balaban J connectivity index is 2.09. The third-order valence-corrected chi connectivity index (χ3v) is 3.92. The largest absolute Gasteiger partial charge is 0.367 e. The van der Waals surface area contributed by atoms with Gasteiger partial charge in [0.05, 0.1) is 12.7 Å². The monoisotopic (exact) mass is 319 g/mol. The topological polar surface area (TPSA) is 35.2 Å². The maximum absolute atomic E-state index is 5.97. The number of ether oxygens (including phenoxy) is 1. The standard InChI is InChI=1S/C16H18BrNO/c1-12-6-2-4-8-14(12)16(10-18)19-11-13-7-3-5-9-15(13)17/h2-9,16H,10-11,18H2,1H3. The predicted octanol–water partition coefficient (Wildman–Crippen LogP) is 3.97. The van der Waals surface area contributed by atoms with E-state index in [4.69, 9.17) is 10.5 Å². The fraction of sp³-hybridized carbons (Fsp3) is 0.250. The highest BCUT2D eigenvalue weighted by atomic mass is 79.9. The Labute approximate surface area is 122 Å². The lowest BCUT2D eigenvalue weighted by Crippen LogP contribution is -2.16. The van der Waals surface area contributed by atoms with Gasteiger partial charge in [0.1, 0.15) is 0 Å². The van der Waals surface area contributed by atoms with Crippen molar-refractivity contribution in [1.29, 1.82) is 0 Å². The third-order valence-electron chi connectivity index (χ3n) is 3.15. The lowest BCUT2D eigenvalue weighted by Gasteiger charge is -2.19. The highest BCUT2D eigenvalue weighted by Crippen LogP contribution is 2.23. The molecule has 0 radical (unpaired) electrons. The molecule has 2 aromatic carbocycles. The molecule has 2 rings (SSSR count). The van der Waals surface area contributed by atoms with E-state index < -0.39 is 0 Å². The van der Waals surface area contributed by atoms with Crippen LogP contribution in [0.4, 0.5) is 0 Å². The van der Waals surface area contributed by atoms with Crippen LogP contribution in [0.15, 0.2) is 53.0 Å². The summed E-state index contributed by atoms with van der Waals surface area (Å²) in [7, 11) is 0. The fourth-order valence-corrected chi connectivity index (χ4v) is 2.44. The average molecular weight is 320 g/mol. The van der Waals surface area contributed by atoms with Crippen molar-refractivity contribution in [2.45, 2.75) is 19.6 Å². The second-order valence-electron chi connectivity index (χ2n) is 4.48. The van der Waals surface area contributed by atoms with Crippen molar-refractivity contribution in [3.8, 4) is 0 Å². The fourth-order valence-electron chi connectivity index (χ4n) is 2.04. The van der Waals surface area contributed by atoms with Gasteiger partial charge in [-0.1, -0.05) is 58.4 Å². The molecule has 2 N–H and O–H groups in total. The van der Waals surface area contributed by atoms with Gasteiger partial charge in [-0.25, -0.2) is 0 Å². The molecule has 3 heteroatoms. The first-order valence-corrected chi connectivity index (χ1v) is 7.12. The van der Waals surface area contributed by atoms with E-state index in [1.165, 1.54) is 5.56 Å². The Bertz CT molecular complexity index is 542. The molecule has 0 saturated heterocycles. The van der Waals surface area contributed by atoms with Gasteiger partial charge >= 0.3 is 0 Å². The number of hydrogen-bond donors (Lipinski definition) is 1. The zero-order valence-electron chi connectivity index (χ0n) is 11.0. The van der Waals surface area contributed by atoms with Crippen LogP contribution in [0.3, 0.4) is 0 Å². The van der Waals surface area contributed by atoms with Crippen LogP contribution in [0.2, 0.25) is 0 Å². The van der Waals surface area contributed by atoms with Crippen LogP contribution < -0.4 is 5.73 Å². The van der Waals surface area contributed by atoms with E-state index in [2.05, 4.69) is 41.1 Å². The normalized spacial score (nSPS) is 12.4. The predicted molar refractivity (Wildman–Crippen MR) is 81.9 cm³/mol. The van der Waals surface area contributed by atoms with Gasteiger partial charge in [-0.2, -0.15) is 0 Å². The van der Waals surface area contributed by atoms with Gasteiger partial charge < -0.3 is 10.5 Å². The number of rotatable bonds is 5. The molecule has 0 bridgehead atoms. The molecule has 1 unspecified atom stereocenters. The van der Waals surface area contributed by atoms with Gasteiger partial charge in [0.2, 0.25) is 0 Å². The molecule has 19 heavy (non-hydrogen) atoms. The molecule has 2 aromatic rings. The third kappa shape index (κ3) is 3.66. The van der Waals surface area contributed by atoms with Gasteiger partial charge in [0.15, 0.2) is 0 Å². The van der Waals surface area contributed by atoms with E-state index in [0.29, 0.717) is 13.2 Å². The van der Waals surface area contributed by atoms with Crippen molar-refractivity contribution in [2.24, 2.45) is 5.73 Å². The Hall–Kier alpha value is -1.16. The molecule has 0 aliphatic heterocycles. The Morgan fingerprint density at radius 1 is 1.11 bits per heavy atom. The maximum Gasteiger partial charge on any atom is 0.0954 e. The summed E-state index contributed by atoms with van der Waals surface area (Å²) in [5.41, 5.74) is 9.35. The smallest absolute Gasteiger partial charge is 0.0954 e. The van der Waals surface area contributed by atoms with Gasteiger partial charge in [-0.15, -0.1) is 0 Å². The van der Waals surface area contributed by atoms with Crippen molar-refractivity contribution < 1.29 is 4.74 Å². The summed E-state index contributed by atoms with van der Waals surface area (Å²) in [5.74, 6) is 0. The van der Waals surface area contributed by atoms with Crippen molar-refractivity contribution in [1.82, 2.24) is 0 Å². The van der Waals surface area contributed by atoms with Crippen molar-refractivity contribution >= 4 is 15.9 Å². The molecular weight excluding hydrogens is 302 g/mol. The molecule has 100 valence electrons. The van der Waals surface area contributed by atoms with E-state index in [9.17, 15) is 0 Å². The number of hydrogen-bond acceptors (Lipinski definition) is 2. The second kappa shape index (κ2) is 6.85. The van der Waals surface area contributed by atoms with Crippen molar-refractivity contribution in [3.05, 3.63) is 69.7 Å². The summed E-state index contributed by atoms with van der Waals surface area (Å²) in [6.07, 6.45) is -0.0618. The zero-order valence-corrected chi connectivity index (χ0v) is 12.6. The minimum atomic E-state index is -0.0618. The molecule has 0 heterocycles. The molecule has 0 saturated carbocycles. The summed E-state index contributed by atoms with van der Waals surface area (Å²) >= 11 is 3.53. The minimum absolute atomic E-state index is 0.0618. The minimum Gasteiger partial charge on any atom is -0.367 e. The first-order chi connectivity index (χ1) is 9.22. The van der Waals surface area contributed by atoms with Crippen molar-refractivity contribution in [3.63, 3.8) is 0 Å². The molecular formula is C16H18BrNO. The summed E-state index contributed by atoms with van der Waals surface area (Å²) in [6.45, 7) is 3.12. The Kier molecular flexibility index (Phi) is 5.14. The second-order valence-corrected chi connectivity index (χ2v) is 5.34. The molecule has 0 aromatic heterocycles. The van der Waals surface area contributed by atoms with Gasteiger partial charge in [0.25, 0.3) is 0 Å². The number of aryl methyl sites for hydroxylation is 1. The first-order valence-electron chi connectivity index (χ1n) is 6.33. The van der Waals surface area contributed by atoms with Crippen LogP contribution in [0.1, 0.15) is 22.8 Å². The van der Waals surface area contributed by atoms with Crippen molar-refractivity contribution in [2.75, 3.05) is 6.54 Å². The average Bonchev–Trinajstić information content (AvgIpc) is 2.43. The van der Waals surface area contributed by atoms with E-state index in [0.717, 1.165) is 15.6 Å². The molecule has 0 aliphatic carbocycles. The molecule has 0 spiro atoms. The molecule has 2 nitrogen and oxygen atoms in total. The van der Waals surface area contributed by atoms with Gasteiger partial charge in [-0.3, -0.25) is 0 Å². The van der Waals surface area contributed by atoms with E-state index >= 15 is 0 Å². The zero-order chi connectivity index (χ0) is 13.7. The summed E-state index contributed by atoms with van der Waals surface area (Å²) < 4.78 is 7.04. The highest BCUT2D eigenvalue weighted by Gasteiger charge is 2.12. The number of benzene rings is 2. The van der Waals surface area contributed by atoms with Crippen LogP contribution in [-0.2, 0) is 11.3 Å². The lowest BCUT2D eigenvalue weighted by atomic mass is 10.0. The quantitative estimate of drug-likeness (QED) is 0.904. The lowest BCUT2D eigenvalue weighted by molar-refractivity contribution is 0.0449. The van der Waals surface area contributed by atoms with Crippen LogP contribution in [0.5, 0.6) is 0 Å². The molecule has 0 aliphatic rings. The Morgan fingerprint density at radius 3 is 2.47 bits per heavy atom. The van der Waals surface area contributed by atoms with Crippen LogP contribution in [-0.4, -0.2) is 6.54 Å². The summed E-state index contributed by atoms with van der Waals surface area (Å²) in [6, 6.07) is 16.3. The molecule has 0 fully saturated rings. The number of nitrogens with two attached hydrogens (primary N) is 1. The van der Waals surface area contributed by atoms with E-state index in [-0.39, 0.29) is 6.10 Å². The van der Waals surface area contributed by atoms with Gasteiger partial charge in [0, 0.05) is 11.0 Å². The Morgan fingerprint density at radius 2 is 1.79 bits per heavy atom. The van der Waals surface area contributed by atoms with Crippen LogP contribution in [0, 0.1) is 6.92 Å². The van der Waals surface area contributed by atoms with Crippen LogP contribution >= 0.6 is 15.9 Å².